The monoisotopic (exact) mass is 375 g/mol. The van der Waals surface area contributed by atoms with Gasteiger partial charge in [-0.15, -0.1) is 0 Å². The predicted octanol–water partition coefficient (Wildman–Crippen LogP) is 6.54. The van der Waals surface area contributed by atoms with Gasteiger partial charge in [-0.05, 0) is 68.4 Å². The van der Waals surface area contributed by atoms with E-state index in [-0.39, 0.29) is 0 Å². The van der Waals surface area contributed by atoms with E-state index in [1.807, 2.05) is 7.11 Å². The van der Waals surface area contributed by atoms with Gasteiger partial charge in [0.25, 0.3) is 0 Å². The molecule has 0 unspecified atom stereocenters. The van der Waals surface area contributed by atoms with Crippen molar-refractivity contribution < 1.29 is 4.43 Å². The molecule has 0 N–H and O–H groups in total. The van der Waals surface area contributed by atoms with Crippen molar-refractivity contribution in [2.45, 2.75) is 103 Å². The van der Waals surface area contributed by atoms with E-state index in [0.717, 1.165) is 0 Å². The van der Waals surface area contributed by atoms with E-state index < -0.39 is 24.8 Å². The SMILES string of the molecule is CC[Si](CC)(CC)N(CCC[Si](C)(C)OC)[Si](CC)(CC)CC. The fourth-order valence-corrected chi connectivity index (χ4v) is 19.0. The summed E-state index contributed by atoms with van der Waals surface area (Å²) in [6, 6.07) is 9.89. The summed E-state index contributed by atoms with van der Waals surface area (Å²) in [5, 5.41) is 0. The average molecular weight is 376 g/mol. The van der Waals surface area contributed by atoms with Gasteiger partial charge < -0.3 is 8.66 Å². The molecule has 0 aliphatic rings. The Kier molecular flexibility index (Phi) is 10.8. The second kappa shape index (κ2) is 10.5. The Labute approximate surface area is 150 Å². The maximum absolute atomic E-state index is 5.79. The first-order chi connectivity index (χ1) is 10.8. The Morgan fingerprint density at radius 2 is 1.04 bits per heavy atom. The van der Waals surface area contributed by atoms with Crippen LogP contribution < -0.4 is 0 Å². The van der Waals surface area contributed by atoms with Crippen LogP contribution in [0.25, 0.3) is 0 Å². The summed E-state index contributed by atoms with van der Waals surface area (Å²) < 4.78 is 9.00. The van der Waals surface area contributed by atoms with Crippen molar-refractivity contribution in [1.82, 2.24) is 4.23 Å². The highest BCUT2D eigenvalue weighted by Gasteiger charge is 2.45. The quantitative estimate of drug-likeness (QED) is 0.339. The summed E-state index contributed by atoms with van der Waals surface area (Å²) in [6.45, 7) is 20.9. The van der Waals surface area contributed by atoms with Crippen LogP contribution in [0.1, 0.15) is 48.0 Å². The number of rotatable bonds is 13. The number of nitrogens with zero attached hydrogens (tertiary/aromatic N) is 1. The zero-order valence-electron chi connectivity index (χ0n) is 17.7. The molecular formula is C18H45NOSi3. The van der Waals surface area contributed by atoms with Crippen molar-refractivity contribution >= 4 is 24.8 Å². The van der Waals surface area contributed by atoms with Gasteiger partial charge in [-0.3, -0.25) is 0 Å². The molecule has 0 fully saturated rings. The van der Waals surface area contributed by atoms with Gasteiger partial charge in [0.1, 0.15) is 16.5 Å². The van der Waals surface area contributed by atoms with Gasteiger partial charge in [0.2, 0.25) is 0 Å². The first-order valence-electron chi connectivity index (χ1n) is 10.1. The third kappa shape index (κ3) is 5.80. The molecule has 0 aromatic rings. The molecule has 0 aliphatic carbocycles. The lowest BCUT2D eigenvalue weighted by molar-refractivity contribution is 0.399. The zero-order valence-corrected chi connectivity index (χ0v) is 20.7. The minimum atomic E-state index is -1.42. The van der Waals surface area contributed by atoms with Crippen molar-refractivity contribution in [3.05, 3.63) is 0 Å². The maximum atomic E-state index is 5.79. The van der Waals surface area contributed by atoms with E-state index >= 15 is 0 Å². The molecule has 0 radical (unpaired) electrons. The molecule has 0 aromatic heterocycles. The Bertz CT molecular complexity index is 279. The molecule has 0 aromatic carbocycles. The number of hydrogen-bond acceptors (Lipinski definition) is 2. The standard InChI is InChI=1S/C18H45NOSi3/c1-10-22(11-2,12-3)19(23(13-4,14-5)15-6)17-16-18-21(8,9)20-7/h10-18H2,1-9H3. The molecule has 5 heteroatoms. The normalized spacial score (nSPS) is 13.8. The van der Waals surface area contributed by atoms with Crippen LogP contribution in [0.4, 0.5) is 0 Å². The van der Waals surface area contributed by atoms with Gasteiger partial charge >= 0.3 is 0 Å². The Morgan fingerprint density at radius 3 is 1.30 bits per heavy atom. The van der Waals surface area contributed by atoms with Crippen LogP contribution in [-0.2, 0) is 4.43 Å². The third-order valence-corrected chi connectivity index (χ3v) is 23.0. The molecule has 0 bridgehead atoms. The first-order valence-corrected chi connectivity index (χ1v) is 18.3. The van der Waals surface area contributed by atoms with Crippen molar-refractivity contribution in [2.24, 2.45) is 0 Å². The van der Waals surface area contributed by atoms with Gasteiger partial charge in [-0.2, -0.15) is 0 Å². The topological polar surface area (TPSA) is 12.5 Å². The van der Waals surface area contributed by atoms with E-state index in [1.165, 1.54) is 55.3 Å². The van der Waals surface area contributed by atoms with Gasteiger partial charge in [0, 0.05) is 7.11 Å². The van der Waals surface area contributed by atoms with Crippen LogP contribution >= 0.6 is 0 Å². The largest absolute Gasteiger partial charge is 0.420 e. The van der Waals surface area contributed by atoms with Gasteiger partial charge in [-0.25, -0.2) is 0 Å². The summed E-state index contributed by atoms with van der Waals surface area (Å²) in [4.78, 5) is 0. The van der Waals surface area contributed by atoms with E-state index in [9.17, 15) is 0 Å². The fraction of sp³-hybridized carbons (Fsp3) is 1.00. The molecule has 0 spiro atoms. The smallest absolute Gasteiger partial charge is 0.186 e. The highest BCUT2D eigenvalue weighted by atomic mass is 28.4. The first kappa shape index (κ1) is 23.6. The van der Waals surface area contributed by atoms with Crippen LogP contribution in [0.15, 0.2) is 0 Å². The average Bonchev–Trinajstić information content (AvgIpc) is 2.58. The molecule has 23 heavy (non-hydrogen) atoms. The van der Waals surface area contributed by atoms with E-state index in [2.05, 4.69) is 58.9 Å². The van der Waals surface area contributed by atoms with Gasteiger partial charge in [0.05, 0.1) is 0 Å². The lowest BCUT2D eigenvalue weighted by Crippen LogP contribution is -2.66. The molecule has 0 atom stereocenters. The molecule has 0 saturated heterocycles. The van der Waals surface area contributed by atoms with E-state index in [0.29, 0.717) is 0 Å². The molecule has 0 rings (SSSR count). The van der Waals surface area contributed by atoms with Crippen molar-refractivity contribution in [3.8, 4) is 0 Å². The molecule has 0 aliphatic heterocycles. The second-order valence-electron chi connectivity index (χ2n) is 7.79. The van der Waals surface area contributed by atoms with Crippen LogP contribution in [0.5, 0.6) is 0 Å². The molecule has 140 valence electrons. The Hall–Kier alpha value is 0.571. The summed E-state index contributed by atoms with van der Waals surface area (Å²) >= 11 is 0. The van der Waals surface area contributed by atoms with Crippen LogP contribution in [0.2, 0.25) is 55.4 Å². The molecule has 2 nitrogen and oxygen atoms in total. The Balaban J connectivity index is 5.46. The summed E-state index contributed by atoms with van der Waals surface area (Å²) in [7, 11) is -2.07. The Morgan fingerprint density at radius 1 is 0.696 bits per heavy atom. The highest BCUT2D eigenvalue weighted by molar-refractivity contribution is 6.92. The second-order valence-corrected chi connectivity index (χ2v) is 22.9. The van der Waals surface area contributed by atoms with Crippen LogP contribution in [0.3, 0.4) is 0 Å². The van der Waals surface area contributed by atoms with E-state index in [4.69, 9.17) is 4.43 Å². The predicted molar refractivity (Wildman–Crippen MR) is 115 cm³/mol. The summed E-state index contributed by atoms with van der Waals surface area (Å²) in [6.07, 6.45) is 1.34. The lowest BCUT2D eigenvalue weighted by Gasteiger charge is -2.52. The van der Waals surface area contributed by atoms with Gasteiger partial charge in [0.15, 0.2) is 8.32 Å². The van der Waals surface area contributed by atoms with Crippen LogP contribution in [0, 0.1) is 0 Å². The summed E-state index contributed by atoms with van der Waals surface area (Å²) in [5.41, 5.74) is 0. The van der Waals surface area contributed by atoms with Gasteiger partial charge in [-0.1, -0.05) is 41.5 Å². The lowest BCUT2D eigenvalue weighted by atomic mass is 10.5. The third-order valence-electron chi connectivity index (χ3n) is 6.81. The van der Waals surface area contributed by atoms with Crippen molar-refractivity contribution in [2.75, 3.05) is 13.7 Å². The molecule has 0 amide bonds. The van der Waals surface area contributed by atoms with Crippen molar-refractivity contribution in [1.29, 1.82) is 0 Å². The zero-order chi connectivity index (χ0) is 18.1. The minimum absolute atomic E-state index is 1.28. The van der Waals surface area contributed by atoms with Crippen molar-refractivity contribution in [3.63, 3.8) is 0 Å². The molecular weight excluding hydrogens is 330 g/mol. The highest BCUT2D eigenvalue weighted by Crippen LogP contribution is 2.36. The number of hydrogen-bond donors (Lipinski definition) is 0. The molecule has 0 saturated carbocycles. The minimum Gasteiger partial charge on any atom is -0.420 e. The summed E-state index contributed by atoms with van der Waals surface area (Å²) in [5.74, 6) is 0. The maximum Gasteiger partial charge on any atom is 0.186 e. The van der Waals surface area contributed by atoms with E-state index in [1.54, 1.807) is 0 Å². The molecule has 0 heterocycles. The fourth-order valence-electron chi connectivity index (χ4n) is 4.39. The van der Waals surface area contributed by atoms with Crippen LogP contribution in [-0.4, -0.2) is 42.7 Å².